The summed E-state index contributed by atoms with van der Waals surface area (Å²) in [6, 6.07) is 15.6. The van der Waals surface area contributed by atoms with Gasteiger partial charge in [0.25, 0.3) is 5.91 Å². The maximum atomic E-state index is 13.3. The van der Waals surface area contributed by atoms with Gasteiger partial charge in [0.2, 0.25) is 5.91 Å². The highest BCUT2D eigenvalue weighted by Gasteiger charge is 2.36. The fourth-order valence-corrected chi connectivity index (χ4v) is 3.52. The molecule has 0 unspecified atom stereocenters. The van der Waals surface area contributed by atoms with Gasteiger partial charge in [-0.15, -0.1) is 0 Å². The second-order valence-electron chi connectivity index (χ2n) is 7.60. The van der Waals surface area contributed by atoms with Crippen LogP contribution in [0.4, 0.5) is 5.69 Å². The minimum atomic E-state index is -0.0831. The van der Waals surface area contributed by atoms with Gasteiger partial charge in [-0.2, -0.15) is 5.10 Å². The van der Waals surface area contributed by atoms with Gasteiger partial charge in [0, 0.05) is 25.4 Å². The van der Waals surface area contributed by atoms with Crippen molar-refractivity contribution in [2.24, 2.45) is 5.10 Å². The first-order valence-corrected chi connectivity index (χ1v) is 9.96. The maximum absolute atomic E-state index is 13.3. The van der Waals surface area contributed by atoms with Gasteiger partial charge >= 0.3 is 0 Å². The second-order valence-corrected chi connectivity index (χ2v) is 7.60. The fourth-order valence-electron chi connectivity index (χ4n) is 3.52. The van der Waals surface area contributed by atoms with Crippen LogP contribution < -0.4 is 9.75 Å². The third-order valence-electron chi connectivity index (χ3n) is 5.29. The van der Waals surface area contributed by atoms with Crippen LogP contribution in [0.2, 0.25) is 0 Å². The van der Waals surface area contributed by atoms with Crippen molar-refractivity contribution in [1.29, 1.82) is 0 Å². The van der Waals surface area contributed by atoms with Gasteiger partial charge in [-0.3, -0.25) is 9.59 Å². The zero-order chi connectivity index (χ0) is 20.4. The Bertz CT molecular complexity index is 948. The zero-order valence-electron chi connectivity index (χ0n) is 16.8. The van der Waals surface area contributed by atoms with Crippen molar-refractivity contribution in [1.82, 2.24) is 4.90 Å². The predicted octanol–water partition coefficient (Wildman–Crippen LogP) is 3.68. The second kappa shape index (κ2) is 8.07. The largest absolute Gasteiger partial charge is 0.497 e. The molecule has 6 heteroatoms. The lowest BCUT2D eigenvalue weighted by atomic mass is 10.1. The molecule has 0 atom stereocenters. The molecular formula is C23H25N3O3. The molecule has 2 aromatic rings. The van der Waals surface area contributed by atoms with Crippen LogP contribution >= 0.6 is 0 Å². The minimum absolute atomic E-state index is 0.0755. The van der Waals surface area contributed by atoms with Crippen LogP contribution in [0.1, 0.15) is 36.8 Å². The molecule has 0 saturated heterocycles. The molecule has 2 aromatic carbocycles. The number of hydrogen-bond donors (Lipinski definition) is 0. The Hall–Kier alpha value is -3.15. The standard InChI is InChI=1S/C23H25N3O3/c1-16-4-3-5-19(14-16)26-22(27)13-12-21(24-26)23(28)25(18-8-9-18)15-17-6-10-20(29-2)11-7-17/h3-7,10-11,14,18H,8-9,12-13,15H2,1-2H3. The number of rotatable bonds is 6. The Balaban J connectivity index is 1.56. The Morgan fingerprint density at radius 1 is 1.17 bits per heavy atom. The topological polar surface area (TPSA) is 62.2 Å². The molecule has 1 heterocycles. The molecule has 0 radical (unpaired) electrons. The lowest BCUT2D eigenvalue weighted by molar-refractivity contribution is -0.125. The summed E-state index contributed by atoms with van der Waals surface area (Å²) in [5.74, 6) is 0.635. The molecule has 0 N–H and O–H groups in total. The van der Waals surface area contributed by atoms with Crippen molar-refractivity contribution in [3.05, 3.63) is 59.7 Å². The first-order chi connectivity index (χ1) is 14.0. The van der Waals surface area contributed by atoms with Crippen LogP contribution in [0.5, 0.6) is 5.75 Å². The average Bonchev–Trinajstić information content (AvgIpc) is 3.57. The number of carbonyl (C=O) groups is 2. The van der Waals surface area contributed by atoms with Crippen molar-refractivity contribution in [3.8, 4) is 5.75 Å². The van der Waals surface area contributed by atoms with E-state index in [4.69, 9.17) is 4.74 Å². The average molecular weight is 391 g/mol. The van der Waals surface area contributed by atoms with E-state index in [0.717, 1.165) is 29.7 Å². The Morgan fingerprint density at radius 2 is 1.93 bits per heavy atom. The number of benzene rings is 2. The number of hydrazone groups is 1. The van der Waals surface area contributed by atoms with Crippen LogP contribution in [-0.4, -0.2) is 35.6 Å². The van der Waals surface area contributed by atoms with E-state index in [2.05, 4.69) is 5.10 Å². The van der Waals surface area contributed by atoms with Crippen LogP contribution in [0.15, 0.2) is 53.6 Å². The van der Waals surface area contributed by atoms with E-state index >= 15 is 0 Å². The molecule has 0 bridgehead atoms. The third kappa shape index (κ3) is 4.31. The normalized spacial score (nSPS) is 16.4. The molecule has 0 spiro atoms. The lowest BCUT2D eigenvalue weighted by Crippen LogP contribution is -2.42. The summed E-state index contributed by atoms with van der Waals surface area (Å²) in [5.41, 5.74) is 3.25. The molecule has 2 aliphatic rings. The van der Waals surface area contributed by atoms with Crippen LogP contribution in [0, 0.1) is 6.92 Å². The number of methoxy groups -OCH3 is 1. The number of anilines is 1. The molecular weight excluding hydrogens is 366 g/mol. The first-order valence-electron chi connectivity index (χ1n) is 9.96. The Morgan fingerprint density at radius 3 is 2.59 bits per heavy atom. The molecule has 29 heavy (non-hydrogen) atoms. The van der Waals surface area contributed by atoms with E-state index in [1.54, 1.807) is 7.11 Å². The highest BCUT2D eigenvalue weighted by molar-refractivity contribution is 6.40. The Labute approximate surface area is 170 Å². The summed E-state index contributed by atoms with van der Waals surface area (Å²) in [6.45, 7) is 2.50. The van der Waals surface area contributed by atoms with Gasteiger partial charge in [-0.05, 0) is 55.2 Å². The van der Waals surface area contributed by atoms with E-state index in [1.165, 1.54) is 5.01 Å². The van der Waals surface area contributed by atoms with E-state index in [-0.39, 0.29) is 17.9 Å². The number of hydrogen-bond acceptors (Lipinski definition) is 4. The molecule has 1 aliphatic heterocycles. The predicted molar refractivity (Wildman–Crippen MR) is 112 cm³/mol. The monoisotopic (exact) mass is 391 g/mol. The summed E-state index contributed by atoms with van der Waals surface area (Å²) < 4.78 is 5.21. The van der Waals surface area contributed by atoms with Gasteiger partial charge in [-0.25, -0.2) is 5.01 Å². The Kier molecular flexibility index (Phi) is 5.34. The maximum Gasteiger partial charge on any atom is 0.270 e. The summed E-state index contributed by atoms with van der Waals surface area (Å²) in [4.78, 5) is 27.6. The SMILES string of the molecule is COc1ccc(CN(C(=O)C2=NN(c3cccc(C)c3)C(=O)CC2)C2CC2)cc1. The number of amides is 2. The van der Waals surface area contributed by atoms with E-state index in [9.17, 15) is 9.59 Å². The van der Waals surface area contributed by atoms with Crippen molar-refractivity contribution in [2.45, 2.75) is 45.2 Å². The third-order valence-corrected chi connectivity index (χ3v) is 5.29. The van der Waals surface area contributed by atoms with Gasteiger partial charge in [-0.1, -0.05) is 24.3 Å². The van der Waals surface area contributed by atoms with Gasteiger partial charge in [0.1, 0.15) is 11.5 Å². The minimum Gasteiger partial charge on any atom is -0.497 e. The zero-order valence-corrected chi connectivity index (χ0v) is 16.8. The van der Waals surface area contributed by atoms with Gasteiger partial charge in [0.05, 0.1) is 12.8 Å². The van der Waals surface area contributed by atoms with Gasteiger partial charge in [0.15, 0.2) is 0 Å². The summed E-state index contributed by atoms with van der Waals surface area (Å²) in [7, 11) is 1.64. The van der Waals surface area contributed by atoms with Crippen molar-refractivity contribution in [3.63, 3.8) is 0 Å². The lowest BCUT2D eigenvalue weighted by Gasteiger charge is -2.27. The molecule has 0 aromatic heterocycles. The van der Waals surface area contributed by atoms with Crippen LogP contribution in [0.25, 0.3) is 0 Å². The number of nitrogens with zero attached hydrogens (tertiary/aromatic N) is 3. The molecule has 150 valence electrons. The number of aryl methyl sites for hydroxylation is 1. The summed E-state index contributed by atoms with van der Waals surface area (Å²) in [5, 5.41) is 5.84. The van der Waals surface area contributed by atoms with Crippen LogP contribution in [-0.2, 0) is 16.1 Å². The number of carbonyl (C=O) groups excluding carboxylic acids is 2. The highest BCUT2D eigenvalue weighted by Crippen LogP contribution is 2.30. The molecule has 1 aliphatic carbocycles. The summed E-state index contributed by atoms with van der Waals surface area (Å²) >= 11 is 0. The smallest absolute Gasteiger partial charge is 0.270 e. The van der Waals surface area contributed by atoms with E-state index < -0.39 is 0 Å². The number of ether oxygens (including phenoxy) is 1. The quantitative estimate of drug-likeness (QED) is 0.755. The molecule has 2 amide bonds. The fraction of sp³-hybridized carbons (Fsp3) is 0.348. The molecule has 4 rings (SSSR count). The van der Waals surface area contributed by atoms with Crippen LogP contribution in [0.3, 0.4) is 0 Å². The highest BCUT2D eigenvalue weighted by atomic mass is 16.5. The van der Waals surface area contributed by atoms with Gasteiger partial charge < -0.3 is 9.64 Å². The molecule has 1 saturated carbocycles. The summed E-state index contributed by atoms with van der Waals surface area (Å²) in [6.07, 6.45) is 2.69. The van der Waals surface area contributed by atoms with Crippen molar-refractivity contribution < 1.29 is 14.3 Å². The van der Waals surface area contributed by atoms with E-state index in [1.807, 2.05) is 60.4 Å². The van der Waals surface area contributed by atoms with E-state index in [0.29, 0.717) is 30.8 Å². The van der Waals surface area contributed by atoms with Crippen molar-refractivity contribution in [2.75, 3.05) is 12.1 Å². The first kappa shape index (κ1) is 19.2. The molecule has 1 fully saturated rings. The van der Waals surface area contributed by atoms with Crippen molar-refractivity contribution >= 4 is 23.2 Å². The molecule has 6 nitrogen and oxygen atoms in total.